The lowest BCUT2D eigenvalue weighted by molar-refractivity contribution is 0.101. The SMILES string of the molecule is O=C1/C(=C/c2cn(-c3ccccc3)nc2-c2cccs2)Oc2ccc(Cl)cc21. The number of carbonyl (C=O) groups is 1. The van der Waals surface area contributed by atoms with Gasteiger partial charge in [0.15, 0.2) is 5.76 Å². The fraction of sp³-hybridized carbons (Fsp3) is 0. The molecule has 0 bridgehead atoms. The normalized spacial score (nSPS) is 14.3. The van der Waals surface area contributed by atoms with E-state index in [1.807, 2.05) is 58.7 Å². The molecule has 5 rings (SSSR count). The Kier molecular flexibility index (Phi) is 4.11. The maximum Gasteiger partial charge on any atom is 0.232 e. The third-order valence-corrected chi connectivity index (χ3v) is 5.55. The zero-order valence-electron chi connectivity index (χ0n) is 14.5. The molecule has 4 aromatic rings. The zero-order valence-corrected chi connectivity index (χ0v) is 16.1. The number of fused-ring (bicyclic) bond motifs is 1. The van der Waals surface area contributed by atoms with Crippen molar-refractivity contribution in [3.63, 3.8) is 0 Å². The van der Waals surface area contributed by atoms with Crippen LogP contribution in [0.15, 0.2) is 78.0 Å². The summed E-state index contributed by atoms with van der Waals surface area (Å²) >= 11 is 7.62. The summed E-state index contributed by atoms with van der Waals surface area (Å²) in [6.07, 6.45) is 3.65. The van der Waals surface area contributed by atoms with Crippen LogP contribution in [0.2, 0.25) is 5.02 Å². The van der Waals surface area contributed by atoms with E-state index in [2.05, 4.69) is 0 Å². The van der Waals surface area contributed by atoms with E-state index >= 15 is 0 Å². The number of ether oxygens (including phenoxy) is 1. The fourth-order valence-corrected chi connectivity index (χ4v) is 4.02. The van der Waals surface area contributed by atoms with Gasteiger partial charge in [0.05, 0.1) is 16.1 Å². The minimum Gasteiger partial charge on any atom is -0.452 e. The Morgan fingerprint density at radius 2 is 1.93 bits per heavy atom. The third-order valence-electron chi connectivity index (χ3n) is 4.43. The number of nitrogens with zero attached hydrogens (tertiary/aromatic N) is 2. The minimum atomic E-state index is -0.179. The highest BCUT2D eigenvalue weighted by Gasteiger charge is 2.28. The Labute approximate surface area is 170 Å². The molecule has 4 nitrogen and oxygen atoms in total. The molecule has 0 fully saturated rings. The number of carbonyl (C=O) groups excluding carboxylic acids is 1. The van der Waals surface area contributed by atoms with Crippen LogP contribution in [0, 0.1) is 0 Å². The van der Waals surface area contributed by atoms with E-state index in [0.717, 1.165) is 21.8 Å². The highest BCUT2D eigenvalue weighted by molar-refractivity contribution is 7.13. The van der Waals surface area contributed by atoms with Gasteiger partial charge in [0.1, 0.15) is 11.4 Å². The first-order valence-electron chi connectivity index (χ1n) is 8.62. The number of thiophene rings is 1. The van der Waals surface area contributed by atoms with Crippen molar-refractivity contribution in [1.29, 1.82) is 0 Å². The summed E-state index contributed by atoms with van der Waals surface area (Å²) < 4.78 is 7.60. The lowest BCUT2D eigenvalue weighted by Gasteiger charge is -1.99. The molecule has 6 heteroatoms. The van der Waals surface area contributed by atoms with Gasteiger partial charge in [0.25, 0.3) is 0 Å². The predicted octanol–water partition coefficient (Wildman–Crippen LogP) is 5.87. The van der Waals surface area contributed by atoms with Gasteiger partial charge in [0, 0.05) is 16.8 Å². The first-order chi connectivity index (χ1) is 13.7. The molecule has 3 heterocycles. The van der Waals surface area contributed by atoms with E-state index in [1.165, 1.54) is 0 Å². The largest absolute Gasteiger partial charge is 0.452 e. The summed E-state index contributed by atoms with van der Waals surface area (Å²) in [4.78, 5) is 13.8. The van der Waals surface area contributed by atoms with Gasteiger partial charge in [-0.15, -0.1) is 11.3 Å². The number of rotatable bonds is 3. The maximum absolute atomic E-state index is 12.8. The molecule has 0 unspecified atom stereocenters. The number of aromatic nitrogens is 2. The summed E-state index contributed by atoms with van der Waals surface area (Å²) in [5.41, 5.74) is 3.04. The van der Waals surface area contributed by atoms with Crippen LogP contribution in [0.1, 0.15) is 15.9 Å². The standard InChI is InChI=1S/C22H13ClN2O2S/c23-15-8-9-18-17(12-15)22(26)19(27-18)11-14-13-25(16-5-2-1-3-6-16)24-21(14)20-7-4-10-28-20/h1-13H/b19-11-. The predicted molar refractivity (Wildman–Crippen MR) is 111 cm³/mol. The fourth-order valence-electron chi connectivity index (χ4n) is 3.11. The van der Waals surface area contributed by atoms with E-state index in [0.29, 0.717) is 16.3 Å². The second-order valence-electron chi connectivity index (χ2n) is 6.27. The molecule has 0 N–H and O–H groups in total. The summed E-state index contributed by atoms with van der Waals surface area (Å²) in [5.74, 6) is 0.610. The number of Topliss-reactive ketones (excluding diaryl/α,β-unsaturated/α-hetero) is 1. The molecular weight excluding hydrogens is 392 g/mol. The van der Waals surface area contributed by atoms with Crippen LogP contribution in [0.5, 0.6) is 5.75 Å². The number of halogens is 1. The average molecular weight is 405 g/mol. The molecule has 1 aliphatic rings. The van der Waals surface area contributed by atoms with Crippen molar-refractivity contribution in [3.05, 3.63) is 94.1 Å². The zero-order chi connectivity index (χ0) is 19.1. The van der Waals surface area contributed by atoms with Crippen LogP contribution in [-0.4, -0.2) is 15.6 Å². The Hall–Kier alpha value is -3.15. The van der Waals surface area contributed by atoms with E-state index in [-0.39, 0.29) is 11.5 Å². The lowest BCUT2D eigenvalue weighted by atomic mass is 10.1. The van der Waals surface area contributed by atoms with Crippen molar-refractivity contribution in [2.75, 3.05) is 0 Å². The minimum absolute atomic E-state index is 0.179. The van der Waals surface area contributed by atoms with Crippen molar-refractivity contribution in [1.82, 2.24) is 9.78 Å². The Bertz CT molecular complexity index is 1210. The topological polar surface area (TPSA) is 44.1 Å². The Morgan fingerprint density at radius 3 is 2.71 bits per heavy atom. The Morgan fingerprint density at radius 1 is 1.07 bits per heavy atom. The molecule has 0 saturated heterocycles. The summed E-state index contributed by atoms with van der Waals surface area (Å²) in [5, 5.41) is 7.26. The molecule has 0 aliphatic carbocycles. The van der Waals surface area contributed by atoms with Crippen molar-refractivity contribution in [2.24, 2.45) is 0 Å². The van der Waals surface area contributed by atoms with Crippen LogP contribution in [0.25, 0.3) is 22.3 Å². The van der Waals surface area contributed by atoms with Crippen LogP contribution in [0.3, 0.4) is 0 Å². The summed E-state index contributed by atoms with van der Waals surface area (Å²) in [7, 11) is 0. The van der Waals surface area contributed by atoms with Gasteiger partial charge in [-0.1, -0.05) is 35.9 Å². The smallest absolute Gasteiger partial charge is 0.232 e. The molecular formula is C22H13ClN2O2S. The van der Waals surface area contributed by atoms with Crippen LogP contribution in [-0.2, 0) is 0 Å². The lowest BCUT2D eigenvalue weighted by Crippen LogP contribution is -1.98. The molecule has 1 aliphatic heterocycles. The van der Waals surface area contributed by atoms with Gasteiger partial charge in [0.2, 0.25) is 5.78 Å². The maximum atomic E-state index is 12.8. The second kappa shape index (κ2) is 6.78. The summed E-state index contributed by atoms with van der Waals surface area (Å²) in [6, 6.07) is 18.9. The molecule has 0 amide bonds. The van der Waals surface area contributed by atoms with Crippen molar-refractivity contribution < 1.29 is 9.53 Å². The van der Waals surface area contributed by atoms with E-state index in [1.54, 1.807) is 35.6 Å². The number of para-hydroxylation sites is 1. The molecule has 0 saturated carbocycles. The van der Waals surface area contributed by atoms with Crippen molar-refractivity contribution >= 4 is 34.8 Å². The number of ketones is 1. The molecule has 28 heavy (non-hydrogen) atoms. The Balaban J connectivity index is 1.61. The van der Waals surface area contributed by atoms with Crippen LogP contribution < -0.4 is 4.74 Å². The van der Waals surface area contributed by atoms with Crippen molar-refractivity contribution in [3.8, 4) is 22.0 Å². The number of hydrogen-bond acceptors (Lipinski definition) is 4. The van der Waals surface area contributed by atoms with Gasteiger partial charge in [-0.3, -0.25) is 4.79 Å². The molecule has 2 aromatic carbocycles. The first-order valence-corrected chi connectivity index (χ1v) is 9.87. The van der Waals surface area contributed by atoms with Gasteiger partial charge < -0.3 is 4.74 Å². The molecule has 0 atom stereocenters. The highest BCUT2D eigenvalue weighted by atomic mass is 35.5. The van der Waals surface area contributed by atoms with Gasteiger partial charge >= 0.3 is 0 Å². The van der Waals surface area contributed by atoms with E-state index < -0.39 is 0 Å². The monoisotopic (exact) mass is 404 g/mol. The molecule has 136 valence electrons. The average Bonchev–Trinajstić information content (AvgIpc) is 3.44. The molecule has 0 radical (unpaired) electrons. The molecule has 0 spiro atoms. The number of allylic oxidation sites excluding steroid dienone is 1. The quantitative estimate of drug-likeness (QED) is 0.401. The van der Waals surface area contributed by atoms with Crippen molar-refractivity contribution in [2.45, 2.75) is 0 Å². The molecule has 2 aromatic heterocycles. The van der Waals surface area contributed by atoms with Gasteiger partial charge in [-0.25, -0.2) is 4.68 Å². The van der Waals surface area contributed by atoms with E-state index in [9.17, 15) is 4.79 Å². The second-order valence-corrected chi connectivity index (χ2v) is 7.65. The van der Waals surface area contributed by atoms with E-state index in [4.69, 9.17) is 21.4 Å². The number of hydrogen-bond donors (Lipinski definition) is 0. The summed E-state index contributed by atoms with van der Waals surface area (Å²) in [6.45, 7) is 0. The van der Waals surface area contributed by atoms with Crippen LogP contribution >= 0.6 is 22.9 Å². The first kappa shape index (κ1) is 17.0. The highest BCUT2D eigenvalue weighted by Crippen LogP contribution is 2.35. The van der Waals surface area contributed by atoms with Crippen LogP contribution in [0.4, 0.5) is 0 Å². The third kappa shape index (κ3) is 2.95. The van der Waals surface area contributed by atoms with Gasteiger partial charge in [-0.05, 0) is 47.9 Å². The van der Waals surface area contributed by atoms with Gasteiger partial charge in [-0.2, -0.15) is 5.10 Å². The number of benzene rings is 2.